The van der Waals surface area contributed by atoms with Crippen molar-refractivity contribution in [3.63, 3.8) is 0 Å². The maximum Gasteiger partial charge on any atom is 0.327 e. The summed E-state index contributed by atoms with van der Waals surface area (Å²) in [5, 5.41) is 9.08. The largest absolute Gasteiger partial charge is 0.480 e. The third kappa shape index (κ3) is 1.93. The molecule has 5 nitrogen and oxygen atoms in total. The van der Waals surface area contributed by atoms with Gasteiger partial charge in [-0.2, -0.15) is 0 Å². The first-order chi connectivity index (χ1) is 8.02. The van der Waals surface area contributed by atoms with Crippen LogP contribution in [0, 0.1) is 5.41 Å². The summed E-state index contributed by atoms with van der Waals surface area (Å²) < 4.78 is 0. The zero-order valence-electron chi connectivity index (χ0n) is 9.89. The second-order valence-electron chi connectivity index (χ2n) is 4.84. The number of carbonyl (C=O) groups excluding carboxylic acids is 1. The number of nitrogens with two attached hydrogens (primary N) is 1. The molecule has 6 heteroatoms. The van der Waals surface area contributed by atoms with Gasteiger partial charge in [-0.25, -0.2) is 4.79 Å². The van der Waals surface area contributed by atoms with Crippen LogP contribution in [0.2, 0.25) is 0 Å². The maximum atomic E-state index is 12.5. The van der Waals surface area contributed by atoms with Gasteiger partial charge in [0.05, 0.1) is 10.8 Å². The standard InChI is InChI=1S/C11H18N2O3S/c1-7-13(8(5-17-7)9(14)15)10(16)11(6-12)3-2-4-11/h7-8H,2-6,12H2,1H3,(H,14,15). The third-order valence-electron chi connectivity index (χ3n) is 3.90. The van der Waals surface area contributed by atoms with Crippen molar-refractivity contribution in [1.82, 2.24) is 4.90 Å². The van der Waals surface area contributed by atoms with E-state index in [4.69, 9.17) is 10.8 Å². The van der Waals surface area contributed by atoms with Gasteiger partial charge in [0.25, 0.3) is 0 Å². The van der Waals surface area contributed by atoms with Gasteiger partial charge >= 0.3 is 5.97 Å². The lowest BCUT2D eigenvalue weighted by Crippen LogP contribution is -2.56. The van der Waals surface area contributed by atoms with E-state index in [-0.39, 0.29) is 11.3 Å². The first-order valence-electron chi connectivity index (χ1n) is 5.89. The van der Waals surface area contributed by atoms with Crippen LogP contribution in [0.1, 0.15) is 26.2 Å². The topological polar surface area (TPSA) is 83.6 Å². The molecule has 2 atom stereocenters. The highest BCUT2D eigenvalue weighted by Crippen LogP contribution is 2.44. The number of amides is 1. The molecule has 1 heterocycles. The molecule has 96 valence electrons. The van der Waals surface area contributed by atoms with Crippen molar-refractivity contribution in [2.75, 3.05) is 12.3 Å². The van der Waals surface area contributed by atoms with E-state index in [0.717, 1.165) is 19.3 Å². The Kier molecular flexibility index (Phi) is 3.36. The van der Waals surface area contributed by atoms with Crippen molar-refractivity contribution in [1.29, 1.82) is 0 Å². The molecule has 1 aliphatic heterocycles. The molecule has 1 aliphatic carbocycles. The van der Waals surface area contributed by atoms with Gasteiger partial charge in [-0.05, 0) is 19.8 Å². The lowest BCUT2D eigenvalue weighted by Gasteiger charge is -2.43. The van der Waals surface area contributed by atoms with Crippen molar-refractivity contribution < 1.29 is 14.7 Å². The lowest BCUT2D eigenvalue weighted by atomic mass is 9.67. The molecule has 0 radical (unpaired) electrons. The smallest absolute Gasteiger partial charge is 0.327 e. The molecule has 0 spiro atoms. The Morgan fingerprint density at radius 1 is 1.53 bits per heavy atom. The summed E-state index contributed by atoms with van der Waals surface area (Å²) in [6, 6.07) is -0.688. The van der Waals surface area contributed by atoms with Gasteiger partial charge in [0.1, 0.15) is 6.04 Å². The minimum absolute atomic E-state index is 0.0591. The number of nitrogens with zero attached hydrogens (tertiary/aromatic N) is 1. The fourth-order valence-corrected chi connectivity index (χ4v) is 3.69. The molecular weight excluding hydrogens is 240 g/mol. The molecule has 17 heavy (non-hydrogen) atoms. The zero-order chi connectivity index (χ0) is 12.6. The Morgan fingerprint density at radius 2 is 2.18 bits per heavy atom. The molecular formula is C11H18N2O3S. The van der Waals surface area contributed by atoms with Crippen LogP contribution in [0.3, 0.4) is 0 Å². The Bertz CT molecular complexity index is 338. The molecule has 2 fully saturated rings. The van der Waals surface area contributed by atoms with E-state index >= 15 is 0 Å². The number of carbonyl (C=O) groups is 2. The van der Waals surface area contributed by atoms with Gasteiger partial charge in [0.15, 0.2) is 0 Å². The van der Waals surface area contributed by atoms with E-state index in [2.05, 4.69) is 0 Å². The van der Waals surface area contributed by atoms with Crippen LogP contribution >= 0.6 is 11.8 Å². The number of hydrogen-bond donors (Lipinski definition) is 2. The molecule has 0 aromatic heterocycles. The summed E-state index contributed by atoms with van der Waals surface area (Å²) >= 11 is 1.51. The highest BCUT2D eigenvalue weighted by molar-refractivity contribution is 8.00. The summed E-state index contributed by atoms with van der Waals surface area (Å²) in [4.78, 5) is 25.1. The summed E-state index contributed by atoms with van der Waals surface area (Å²) in [5.41, 5.74) is 5.22. The SMILES string of the molecule is CC1SCC(C(=O)O)N1C(=O)C1(CN)CCC1. The van der Waals surface area contributed by atoms with Crippen molar-refractivity contribution in [2.45, 2.75) is 37.6 Å². The van der Waals surface area contributed by atoms with Crippen molar-refractivity contribution in [2.24, 2.45) is 11.1 Å². The van der Waals surface area contributed by atoms with E-state index < -0.39 is 17.4 Å². The monoisotopic (exact) mass is 258 g/mol. The normalized spacial score (nSPS) is 31.1. The van der Waals surface area contributed by atoms with E-state index in [1.165, 1.54) is 16.7 Å². The van der Waals surface area contributed by atoms with Gasteiger partial charge in [0, 0.05) is 12.3 Å². The minimum atomic E-state index is -0.915. The lowest BCUT2D eigenvalue weighted by molar-refractivity contribution is -0.157. The van der Waals surface area contributed by atoms with Crippen LogP contribution in [0.25, 0.3) is 0 Å². The van der Waals surface area contributed by atoms with Crippen LogP contribution in [0.4, 0.5) is 0 Å². The Hall–Kier alpha value is -0.750. The summed E-state index contributed by atoms with van der Waals surface area (Å²) in [5.74, 6) is -0.499. The number of hydrogen-bond acceptors (Lipinski definition) is 4. The van der Waals surface area contributed by atoms with Gasteiger partial charge < -0.3 is 15.7 Å². The molecule has 1 saturated carbocycles. The third-order valence-corrected chi connectivity index (χ3v) is 5.12. The zero-order valence-corrected chi connectivity index (χ0v) is 10.7. The van der Waals surface area contributed by atoms with Crippen molar-refractivity contribution >= 4 is 23.6 Å². The second kappa shape index (κ2) is 4.49. The van der Waals surface area contributed by atoms with Gasteiger partial charge in [-0.1, -0.05) is 6.42 Å². The predicted molar refractivity (Wildman–Crippen MR) is 65.5 cm³/mol. The summed E-state index contributed by atoms with van der Waals surface area (Å²) in [6.45, 7) is 2.21. The van der Waals surface area contributed by atoms with E-state index in [1.54, 1.807) is 0 Å². The second-order valence-corrected chi connectivity index (χ2v) is 6.19. The van der Waals surface area contributed by atoms with Crippen LogP contribution < -0.4 is 5.73 Å². The summed E-state index contributed by atoms with van der Waals surface area (Å²) in [6.07, 6.45) is 2.60. The quantitative estimate of drug-likeness (QED) is 0.769. The van der Waals surface area contributed by atoms with Gasteiger partial charge in [-0.15, -0.1) is 11.8 Å². The number of carboxylic acids is 1. The number of carboxylic acid groups (broad SMARTS) is 1. The highest BCUT2D eigenvalue weighted by Gasteiger charge is 2.50. The fraction of sp³-hybridized carbons (Fsp3) is 0.818. The van der Waals surface area contributed by atoms with Crippen LogP contribution in [-0.4, -0.2) is 45.6 Å². The molecule has 1 saturated heterocycles. The molecule has 0 aromatic carbocycles. The van der Waals surface area contributed by atoms with E-state index in [1.807, 2.05) is 6.92 Å². The maximum absolute atomic E-state index is 12.5. The number of aliphatic carboxylic acids is 1. The molecule has 1 amide bonds. The molecule has 0 aromatic rings. The number of rotatable bonds is 3. The Balaban J connectivity index is 2.19. The first kappa shape index (κ1) is 12.7. The Labute approximate surface area is 105 Å². The van der Waals surface area contributed by atoms with E-state index in [9.17, 15) is 9.59 Å². The molecule has 2 aliphatic rings. The van der Waals surface area contributed by atoms with Crippen LogP contribution in [-0.2, 0) is 9.59 Å². The highest BCUT2D eigenvalue weighted by atomic mass is 32.2. The van der Waals surface area contributed by atoms with Crippen molar-refractivity contribution in [3.8, 4) is 0 Å². The van der Waals surface area contributed by atoms with Gasteiger partial charge in [-0.3, -0.25) is 4.79 Å². The molecule has 2 rings (SSSR count). The average Bonchev–Trinajstić information content (AvgIpc) is 2.59. The van der Waals surface area contributed by atoms with Crippen molar-refractivity contribution in [3.05, 3.63) is 0 Å². The summed E-state index contributed by atoms with van der Waals surface area (Å²) in [7, 11) is 0. The molecule has 0 bridgehead atoms. The molecule has 3 N–H and O–H groups in total. The fourth-order valence-electron chi connectivity index (χ4n) is 2.52. The average molecular weight is 258 g/mol. The number of thioether (sulfide) groups is 1. The van der Waals surface area contributed by atoms with Gasteiger partial charge in [0.2, 0.25) is 5.91 Å². The predicted octanol–water partition coefficient (Wildman–Crippen LogP) is 0.490. The Morgan fingerprint density at radius 3 is 2.59 bits per heavy atom. The molecule has 2 unspecified atom stereocenters. The first-order valence-corrected chi connectivity index (χ1v) is 6.94. The van der Waals surface area contributed by atoms with Crippen LogP contribution in [0.15, 0.2) is 0 Å². The minimum Gasteiger partial charge on any atom is -0.480 e. The van der Waals surface area contributed by atoms with Crippen LogP contribution in [0.5, 0.6) is 0 Å². The van der Waals surface area contributed by atoms with E-state index in [0.29, 0.717) is 12.3 Å².